The monoisotopic (exact) mass is 559 g/mol. The number of hydrogen-bond donors (Lipinski definition) is 3. The van der Waals surface area contributed by atoms with Crippen molar-refractivity contribution in [2.45, 2.75) is 15.8 Å². The zero-order chi connectivity index (χ0) is 26.4. The van der Waals surface area contributed by atoms with Crippen molar-refractivity contribution in [3.05, 3.63) is 40.7 Å². The largest absolute Gasteiger partial charge is 0.477 e. The van der Waals surface area contributed by atoms with Gasteiger partial charge in [-0.3, -0.25) is 19.3 Å². The molecule has 0 saturated carbocycles. The molecule has 0 spiro atoms. The van der Waals surface area contributed by atoms with Gasteiger partial charge in [-0.25, -0.2) is 9.78 Å². The van der Waals surface area contributed by atoms with Gasteiger partial charge >= 0.3 is 5.97 Å². The number of nitrogens with zero attached hydrogens (tertiary/aromatic N) is 5. The SMILES string of the molecule is C#CCO/N=C(\C(=O)NC1C(=O)N2C(C(=O)O)=C(CSc3nncs3)CS[C@H]12)c1cccc(NC=O)n1. The Bertz CT molecular complexity index is 1320. The summed E-state index contributed by atoms with van der Waals surface area (Å²) in [5, 5.41) is 25.6. The Hall–Kier alpha value is -3.94. The van der Waals surface area contributed by atoms with Gasteiger partial charge in [-0.15, -0.1) is 28.4 Å². The summed E-state index contributed by atoms with van der Waals surface area (Å²) in [5.41, 5.74) is 1.83. The van der Waals surface area contributed by atoms with Gasteiger partial charge in [-0.05, 0) is 17.7 Å². The summed E-state index contributed by atoms with van der Waals surface area (Å²) in [5.74, 6) is 0.465. The number of hydrogen-bond acceptors (Lipinski definition) is 12. The molecule has 16 heteroatoms. The highest BCUT2D eigenvalue weighted by Crippen LogP contribution is 2.41. The number of amides is 3. The van der Waals surface area contributed by atoms with Gasteiger partial charge in [-0.2, -0.15) is 0 Å². The van der Waals surface area contributed by atoms with E-state index in [4.69, 9.17) is 11.3 Å². The number of carboxylic acids is 1. The van der Waals surface area contributed by atoms with Gasteiger partial charge in [0.1, 0.15) is 34.1 Å². The fourth-order valence-electron chi connectivity index (χ4n) is 3.42. The van der Waals surface area contributed by atoms with Gasteiger partial charge in [-0.1, -0.05) is 40.2 Å². The molecule has 2 aliphatic heterocycles. The molecule has 2 atom stereocenters. The van der Waals surface area contributed by atoms with E-state index in [2.05, 4.69) is 36.9 Å². The molecule has 0 radical (unpaired) electrons. The zero-order valence-electron chi connectivity index (χ0n) is 18.7. The van der Waals surface area contributed by atoms with Crippen LogP contribution >= 0.6 is 34.9 Å². The number of aromatic nitrogens is 3. The van der Waals surface area contributed by atoms with E-state index >= 15 is 0 Å². The molecular formula is C21H17N7O6S3. The molecule has 0 aliphatic carbocycles. The van der Waals surface area contributed by atoms with E-state index in [1.807, 2.05) is 0 Å². The summed E-state index contributed by atoms with van der Waals surface area (Å²) in [6, 6.07) is 3.50. The van der Waals surface area contributed by atoms with E-state index in [1.165, 1.54) is 58.0 Å². The predicted octanol–water partition coefficient (Wildman–Crippen LogP) is 0.386. The highest BCUT2D eigenvalue weighted by Gasteiger charge is 2.54. The van der Waals surface area contributed by atoms with Gasteiger partial charge in [0.2, 0.25) is 6.41 Å². The molecule has 37 heavy (non-hydrogen) atoms. The molecule has 0 bridgehead atoms. The first-order valence-electron chi connectivity index (χ1n) is 10.4. The Labute approximate surface area is 222 Å². The van der Waals surface area contributed by atoms with E-state index in [-0.39, 0.29) is 29.5 Å². The molecule has 2 aromatic rings. The Kier molecular flexibility index (Phi) is 8.38. The van der Waals surface area contributed by atoms with Crippen LogP contribution in [0.2, 0.25) is 0 Å². The number of carboxylic acid groups (broad SMARTS) is 1. The number of rotatable bonds is 11. The van der Waals surface area contributed by atoms with E-state index in [0.717, 1.165) is 0 Å². The molecule has 1 unspecified atom stereocenters. The second-order valence-electron chi connectivity index (χ2n) is 7.20. The molecular weight excluding hydrogens is 542 g/mol. The lowest BCUT2D eigenvalue weighted by Crippen LogP contribution is -2.71. The van der Waals surface area contributed by atoms with E-state index in [1.54, 1.807) is 5.51 Å². The summed E-state index contributed by atoms with van der Waals surface area (Å²) >= 11 is 4.00. The van der Waals surface area contributed by atoms with Gasteiger partial charge in [0.25, 0.3) is 11.8 Å². The number of anilines is 1. The first-order valence-corrected chi connectivity index (χ1v) is 13.3. The normalized spacial score (nSPS) is 18.8. The average Bonchev–Trinajstić information content (AvgIpc) is 3.42. The fourth-order valence-corrected chi connectivity index (χ4v) is 6.40. The standard InChI is InChI=1S/C21H17N7O6S3/c1-2-6-34-27-14(12-4-3-5-13(24-12)22-9-29)17(30)25-15-18(31)28-16(20(32)33)11(7-35-19(15)28)8-36-21-26-23-10-37-21/h1,3-5,9-10,15,19H,6-8H2,(H,25,30)(H,32,33)(H,22,24,29)/b27-14-/t15?,19-/m1/s1. The van der Waals surface area contributed by atoms with Crippen molar-refractivity contribution < 1.29 is 29.1 Å². The molecule has 3 amide bonds. The number of carbonyl (C=O) groups excluding carboxylic acids is 3. The summed E-state index contributed by atoms with van der Waals surface area (Å²) in [6.07, 6.45) is 5.60. The van der Waals surface area contributed by atoms with Crippen LogP contribution in [0.1, 0.15) is 5.69 Å². The molecule has 4 rings (SSSR count). The third-order valence-corrected chi connectivity index (χ3v) is 8.25. The lowest BCUT2D eigenvalue weighted by molar-refractivity contribution is -0.150. The van der Waals surface area contributed by atoms with E-state index in [9.17, 15) is 24.3 Å². The lowest BCUT2D eigenvalue weighted by atomic mass is 10.0. The van der Waals surface area contributed by atoms with Crippen molar-refractivity contribution in [3.63, 3.8) is 0 Å². The summed E-state index contributed by atoms with van der Waals surface area (Å²) in [7, 11) is 0. The van der Waals surface area contributed by atoms with Crippen molar-refractivity contribution in [3.8, 4) is 12.3 Å². The average molecular weight is 560 g/mol. The third-order valence-electron chi connectivity index (χ3n) is 4.96. The first kappa shape index (κ1) is 26.1. The van der Waals surface area contributed by atoms with Gasteiger partial charge in [0, 0.05) is 11.5 Å². The molecule has 4 heterocycles. The number of oxime groups is 1. The maximum Gasteiger partial charge on any atom is 0.352 e. The number of terminal acetylenes is 1. The minimum Gasteiger partial charge on any atom is -0.477 e. The van der Waals surface area contributed by atoms with Gasteiger partial charge in [0.05, 0.1) is 0 Å². The van der Waals surface area contributed by atoms with Crippen LogP contribution in [0.25, 0.3) is 0 Å². The molecule has 1 saturated heterocycles. The molecule has 0 aromatic carbocycles. The first-order chi connectivity index (χ1) is 17.9. The second kappa shape index (κ2) is 11.9. The third kappa shape index (κ3) is 5.74. The number of fused-ring (bicyclic) bond motifs is 1. The van der Waals surface area contributed by atoms with Crippen molar-refractivity contribution >= 4 is 70.6 Å². The summed E-state index contributed by atoms with van der Waals surface area (Å²) in [6.45, 7) is -0.220. The summed E-state index contributed by atoms with van der Waals surface area (Å²) in [4.78, 5) is 59.2. The Morgan fingerprint density at radius 3 is 2.97 bits per heavy atom. The molecule has 3 N–H and O–H groups in total. The highest BCUT2D eigenvalue weighted by atomic mass is 32.2. The minimum absolute atomic E-state index is 0.0587. The number of β-lactam (4-membered cyclic amide) rings is 1. The smallest absolute Gasteiger partial charge is 0.352 e. The number of carbonyl (C=O) groups is 4. The number of thioether (sulfide) groups is 2. The Balaban J connectivity index is 1.51. The Morgan fingerprint density at radius 1 is 1.43 bits per heavy atom. The number of nitrogens with one attached hydrogen (secondary N) is 2. The second-order valence-corrected chi connectivity index (χ2v) is 10.4. The van der Waals surface area contributed by atoms with Crippen LogP contribution in [0.4, 0.5) is 5.82 Å². The molecule has 190 valence electrons. The predicted molar refractivity (Wildman–Crippen MR) is 136 cm³/mol. The van der Waals surface area contributed by atoms with Crippen LogP contribution in [-0.2, 0) is 24.0 Å². The van der Waals surface area contributed by atoms with Crippen molar-refractivity contribution in [2.75, 3.05) is 23.4 Å². The maximum atomic E-state index is 13.1. The van der Waals surface area contributed by atoms with Crippen LogP contribution in [0.5, 0.6) is 0 Å². The van der Waals surface area contributed by atoms with Crippen LogP contribution in [0.3, 0.4) is 0 Å². The number of pyridine rings is 1. The van der Waals surface area contributed by atoms with E-state index < -0.39 is 29.2 Å². The molecule has 2 aliphatic rings. The zero-order valence-corrected chi connectivity index (χ0v) is 21.1. The van der Waals surface area contributed by atoms with Crippen LogP contribution < -0.4 is 10.6 Å². The topological polar surface area (TPSA) is 176 Å². The lowest BCUT2D eigenvalue weighted by Gasteiger charge is -2.49. The van der Waals surface area contributed by atoms with Crippen LogP contribution in [0, 0.1) is 12.3 Å². The molecule has 13 nitrogen and oxygen atoms in total. The maximum absolute atomic E-state index is 13.1. The van der Waals surface area contributed by atoms with Gasteiger partial charge < -0.3 is 20.6 Å². The van der Waals surface area contributed by atoms with Crippen molar-refractivity contribution in [1.82, 2.24) is 25.4 Å². The summed E-state index contributed by atoms with van der Waals surface area (Å²) < 4.78 is 0.685. The molecule has 2 aromatic heterocycles. The van der Waals surface area contributed by atoms with Gasteiger partial charge in [0.15, 0.2) is 16.7 Å². The highest BCUT2D eigenvalue weighted by molar-refractivity contribution is 8.01. The quantitative estimate of drug-likeness (QED) is 0.0660. The van der Waals surface area contributed by atoms with Crippen molar-refractivity contribution in [2.24, 2.45) is 5.16 Å². The van der Waals surface area contributed by atoms with Crippen LogP contribution in [-0.4, -0.2) is 84.6 Å². The Morgan fingerprint density at radius 2 is 2.27 bits per heavy atom. The fraction of sp³-hybridized carbons (Fsp3) is 0.238. The molecule has 1 fully saturated rings. The van der Waals surface area contributed by atoms with Crippen LogP contribution in [0.15, 0.2) is 44.5 Å². The minimum atomic E-state index is -1.23. The van der Waals surface area contributed by atoms with Crippen molar-refractivity contribution in [1.29, 1.82) is 0 Å². The van der Waals surface area contributed by atoms with E-state index in [0.29, 0.717) is 27.8 Å². The number of aliphatic carboxylic acids is 1.